The molecule has 1 fully saturated rings. The summed E-state index contributed by atoms with van der Waals surface area (Å²) in [7, 11) is 0. The molecular formula is C25H33N3OS. The Morgan fingerprint density at radius 1 is 1.23 bits per heavy atom. The summed E-state index contributed by atoms with van der Waals surface area (Å²) in [6.45, 7) is 12.6. The van der Waals surface area contributed by atoms with Gasteiger partial charge in [-0.05, 0) is 83.3 Å². The summed E-state index contributed by atoms with van der Waals surface area (Å²) in [5, 5.41) is 0. The second-order valence-electron chi connectivity index (χ2n) is 9.16. The highest BCUT2D eigenvalue weighted by Gasteiger charge is 2.43. The third kappa shape index (κ3) is 4.43. The summed E-state index contributed by atoms with van der Waals surface area (Å²) >= 11 is 1.88. The first-order chi connectivity index (χ1) is 14.4. The summed E-state index contributed by atoms with van der Waals surface area (Å²) in [4.78, 5) is 13.1. The molecule has 1 aliphatic heterocycles. The van der Waals surface area contributed by atoms with Crippen molar-refractivity contribution >= 4 is 21.6 Å². The van der Waals surface area contributed by atoms with Crippen LogP contribution in [0.5, 0.6) is 0 Å². The molecule has 0 aliphatic carbocycles. The molecule has 5 heteroatoms. The fourth-order valence-electron chi connectivity index (χ4n) is 4.57. The van der Waals surface area contributed by atoms with Crippen LogP contribution in [0.25, 0.3) is 10.2 Å². The normalized spacial score (nSPS) is 20.3. The minimum Gasteiger partial charge on any atom is -0.381 e. The Kier molecular flexibility index (Phi) is 6.24. The number of aryl methyl sites for hydroxylation is 2. The first kappa shape index (κ1) is 21.4. The molecule has 0 bridgehead atoms. The first-order valence-corrected chi connectivity index (χ1v) is 11.8. The van der Waals surface area contributed by atoms with Crippen molar-refractivity contribution in [2.45, 2.75) is 52.5 Å². The highest BCUT2D eigenvalue weighted by atomic mass is 32.1. The zero-order valence-corrected chi connectivity index (χ0v) is 19.5. The first-order valence-electron chi connectivity index (χ1n) is 11.0. The van der Waals surface area contributed by atoms with Crippen LogP contribution in [0.3, 0.4) is 0 Å². The molecule has 0 aromatic carbocycles. The van der Waals surface area contributed by atoms with Crippen molar-refractivity contribution in [1.82, 2.24) is 14.9 Å². The van der Waals surface area contributed by atoms with Gasteiger partial charge in [0, 0.05) is 47.1 Å². The molecule has 4 nitrogen and oxygen atoms in total. The molecule has 4 heterocycles. The topological polar surface area (TPSA) is 38.2 Å². The van der Waals surface area contributed by atoms with Crippen molar-refractivity contribution in [3.05, 3.63) is 58.9 Å². The number of ether oxygens (including phenoxy) is 1. The van der Waals surface area contributed by atoms with Crippen LogP contribution in [0.1, 0.15) is 49.7 Å². The fraction of sp³-hybridized carbons (Fsp3) is 0.520. The second kappa shape index (κ2) is 8.74. The molecule has 0 radical (unpaired) electrons. The van der Waals surface area contributed by atoms with Crippen LogP contribution in [0.4, 0.5) is 0 Å². The van der Waals surface area contributed by atoms with Gasteiger partial charge in [0.2, 0.25) is 0 Å². The number of nitrogens with zero attached hydrogens (tertiary/aromatic N) is 3. The Bertz CT molecular complexity index is 948. The second-order valence-corrected chi connectivity index (χ2v) is 10.3. The molecule has 0 spiro atoms. The maximum absolute atomic E-state index is 6.00. The van der Waals surface area contributed by atoms with Crippen LogP contribution in [0, 0.1) is 12.3 Å². The van der Waals surface area contributed by atoms with Crippen molar-refractivity contribution in [2.24, 2.45) is 5.41 Å². The van der Waals surface area contributed by atoms with Crippen molar-refractivity contribution in [3.63, 3.8) is 0 Å². The Balaban J connectivity index is 1.50. The van der Waals surface area contributed by atoms with Crippen molar-refractivity contribution in [2.75, 3.05) is 26.3 Å². The lowest BCUT2D eigenvalue weighted by Crippen LogP contribution is -2.42. The highest BCUT2D eigenvalue weighted by Crippen LogP contribution is 2.42. The molecule has 1 saturated heterocycles. The molecule has 3 aromatic heterocycles. The maximum Gasteiger partial charge on any atom is 0.0812 e. The molecule has 0 N–H and O–H groups in total. The van der Waals surface area contributed by atoms with Crippen LogP contribution in [0.15, 0.2) is 42.7 Å². The molecule has 0 amide bonds. The highest BCUT2D eigenvalue weighted by molar-refractivity contribution is 7.19. The number of pyridine rings is 2. The third-order valence-electron chi connectivity index (χ3n) is 6.70. The summed E-state index contributed by atoms with van der Waals surface area (Å²) in [6, 6.07) is 10.8. The minimum absolute atomic E-state index is 0.0316. The molecule has 160 valence electrons. The van der Waals surface area contributed by atoms with E-state index in [0.29, 0.717) is 0 Å². The molecule has 3 aromatic rings. The zero-order valence-electron chi connectivity index (χ0n) is 18.6. The van der Waals surface area contributed by atoms with Gasteiger partial charge in [0.15, 0.2) is 0 Å². The number of likely N-dealkylation sites (tertiary alicyclic amines) is 1. The Morgan fingerprint density at radius 2 is 2.10 bits per heavy atom. The standard InChI is InChI=1S/C25H33N3OS/c1-5-29-18-25(11-10-21-15-22-23(30-21)7-6-13-26-22)12-14-28(17-25)24(3,4)20-9-8-19(2)27-16-20/h6-9,13,15-16H,5,10-12,14,17-18H2,1-4H3/t25-/m1/s1. The molecule has 0 unspecified atom stereocenters. The van der Waals surface area contributed by atoms with Crippen LogP contribution in [-0.2, 0) is 16.7 Å². The molecule has 0 saturated carbocycles. The lowest BCUT2D eigenvalue weighted by molar-refractivity contribution is 0.0386. The van der Waals surface area contributed by atoms with E-state index in [-0.39, 0.29) is 11.0 Å². The van der Waals surface area contributed by atoms with E-state index in [1.165, 1.54) is 21.6 Å². The van der Waals surface area contributed by atoms with Crippen LogP contribution >= 0.6 is 11.3 Å². The van der Waals surface area contributed by atoms with Crippen LogP contribution in [0.2, 0.25) is 0 Å². The molecule has 1 aliphatic rings. The van der Waals surface area contributed by atoms with Crippen molar-refractivity contribution < 1.29 is 4.74 Å². The maximum atomic E-state index is 6.00. The third-order valence-corrected chi connectivity index (χ3v) is 7.85. The van der Waals surface area contributed by atoms with Crippen LogP contribution in [-0.4, -0.2) is 41.2 Å². The zero-order chi connectivity index (χ0) is 21.2. The van der Waals surface area contributed by atoms with Gasteiger partial charge in [0.1, 0.15) is 0 Å². The van der Waals surface area contributed by atoms with Crippen molar-refractivity contribution in [1.29, 1.82) is 0 Å². The average molecular weight is 424 g/mol. The van der Waals surface area contributed by atoms with Crippen molar-refractivity contribution in [3.8, 4) is 0 Å². The summed E-state index contributed by atoms with van der Waals surface area (Å²) in [5.41, 5.74) is 3.65. The van der Waals surface area contributed by atoms with Gasteiger partial charge >= 0.3 is 0 Å². The van der Waals surface area contributed by atoms with Gasteiger partial charge in [0.25, 0.3) is 0 Å². The quantitative estimate of drug-likeness (QED) is 0.473. The van der Waals surface area contributed by atoms with Gasteiger partial charge in [0.05, 0.1) is 16.8 Å². The predicted octanol–water partition coefficient (Wildman–Crippen LogP) is 5.60. The summed E-state index contributed by atoms with van der Waals surface area (Å²) < 4.78 is 7.29. The monoisotopic (exact) mass is 423 g/mol. The van der Waals surface area contributed by atoms with E-state index in [9.17, 15) is 0 Å². The van der Waals surface area contributed by atoms with E-state index in [1.807, 2.05) is 36.7 Å². The molecule has 4 rings (SSSR count). The lowest BCUT2D eigenvalue weighted by Gasteiger charge is -2.38. The van der Waals surface area contributed by atoms with Gasteiger partial charge in [-0.1, -0.05) is 6.07 Å². The summed E-state index contributed by atoms with van der Waals surface area (Å²) in [5.74, 6) is 0. The van der Waals surface area contributed by atoms with Gasteiger partial charge in [-0.3, -0.25) is 14.9 Å². The van der Waals surface area contributed by atoms with Gasteiger partial charge in [-0.25, -0.2) is 0 Å². The van der Waals surface area contributed by atoms with E-state index in [0.717, 1.165) is 50.4 Å². The molecular weight excluding hydrogens is 390 g/mol. The number of fused-ring (bicyclic) bond motifs is 1. The Morgan fingerprint density at radius 3 is 2.83 bits per heavy atom. The van der Waals surface area contributed by atoms with E-state index in [1.54, 1.807) is 0 Å². The van der Waals surface area contributed by atoms with Crippen LogP contribution < -0.4 is 0 Å². The van der Waals surface area contributed by atoms with E-state index in [4.69, 9.17) is 4.74 Å². The van der Waals surface area contributed by atoms with E-state index >= 15 is 0 Å². The number of rotatable bonds is 8. The molecule has 30 heavy (non-hydrogen) atoms. The van der Waals surface area contributed by atoms with E-state index in [2.05, 4.69) is 59.9 Å². The minimum atomic E-state index is -0.0316. The fourth-order valence-corrected chi connectivity index (χ4v) is 5.59. The number of hydrogen-bond acceptors (Lipinski definition) is 5. The van der Waals surface area contributed by atoms with E-state index < -0.39 is 0 Å². The number of thiophene rings is 1. The summed E-state index contributed by atoms with van der Waals surface area (Å²) in [6.07, 6.45) is 7.35. The SMILES string of the molecule is CCOC[C@]1(CCc2cc3ncccc3s2)CCN(C(C)(C)c2ccc(C)nc2)C1. The van der Waals surface area contributed by atoms with Gasteiger partial charge in [-0.2, -0.15) is 0 Å². The van der Waals surface area contributed by atoms with Gasteiger partial charge in [-0.15, -0.1) is 11.3 Å². The Labute approximate surface area is 184 Å². The number of aromatic nitrogens is 2. The Hall–Kier alpha value is -1.82. The smallest absolute Gasteiger partial charge is 0.0812 e. The number of hydrogen-bond donors (Lipinski definition) is 0. The lowest BCUT2D eigenvalue weighted by atomic mass is 9.82. The average Bonchev–Trinajstić information content (AvgIpc) is 3.36. The predicted molar refractivity (Wildman–Crippen MR) is 125 cm³/mol. The largest absolute Gasteiger partial charge is 0.381 e. The molecule has 1 atom stereocenters. The van der Waals surface area contributed by atoms with Gasteiger partial charge < -0.3 is 4.74 Å².